The minimum absolute atomic E-state index is 0.161. The van der Waals surface area contributed by atoms with Crippen LogP contribution in [0.1, 0.15) is 37.3 Å². The molecule has 5 rings (SSSR count). The minimum Gasteiger partial charge on any atom is -0.493 e. The van der Waals surface area contributed by atoms with Gasteiger partial charge in [-0.3, -0.25) is 4.79 Å². The molecule has 0 saturated heterocycles. The first-order valence-electron chi connectivity index (χ1n) is 11.6. The highest BCUT2D eigenvalue weighted by molar-refractivity contribution is 5.99. The van der Waals surface area contributed by atoms with Crippen LogP contribution in [0.15, 0.2) is 72.8 Å². The van der Waals surface area contributed by atoms with Gasteiger partial charge < -0.3 is 24.8 Å². The molecule has 4 aromatic rings. The third-order valence-electron chi connectivity index (χ3n) is 6.15. The molecule has 1 amide bonds. The number of hydrogen-bond donors (Lipinski definition) is 3. The molecule has 6 heteroatoms. The molecule has 0 atom stereocenters. The molecule has 1 saturated carbocycles. The monoisotopic (exact) mass is 456 g/mol. The van der Waals surface area contributed by atoms with Crippen molar-refractivity contribution in [3.05, 3.63) is 84.1 Å². The lowest BCUT2D eigenvalue weighted by Gasteiger charge is -2.15. The normalized spacial score (nSPS) is 13.4. The Kier molecular flexibility index (Phi) is 6.09. The number of hydrogen-bond acceptors (Lipinski definition) is 4. The Labute approximate surface area is 198 Å². The fraction of sp³-hybridized carbons (Fsp3) is 0.250. The zero-order valence-electron chi connectivity index (χ0n) is 19.1. The van der Waals surface area contributed by atoms with Crippen LogP contribution in [0.25, 0.3) is 22.0 Å². The van der Waals surface area contributed by atoms with Crippen molar-refractivity contribution in [1.82, 2.24) is 4.57 Å². The number of benzene rings is 3. The van der Waals surface area contributed by atoms with Crippen LogP contribution in [0.5, 0.6) is 5.75 Å². The second kappa shape index (κ2) is 9.33. The van der Waals surface area contributed by atoms with E-state index >= 15 is 0 Å². The summed E-state index contributed by atoms with van der Waals surface area (Å²) in [6, 6.07) is 23.2. The van der Waals surface area contributed by atoms with E-state index in [-0.39, 0.29) is 5.91 Å². The highest BCUT2D eigenvalue weighted by Gasteiger charge is 2.24. The average molecular weight is 457 g/mol. The van der Waals surface area contributed by atoms with E-state index in [1.54, 1.807) is 0 Å². The largest absolute Gasteiger partial charge is 0.493 e. The maximum atomic E-state index is 11.6. The lowest BCUT2D eigenvalue weighted by molar-refractivity contribution is -0.114. The molecule has 1 heterocycles. The molecule has 174 valence electrons. The lowest BCUT2D eigenvalue weighted by Crippen LogP contribution is -2.10. The Balaban J connectivity index is 1.59. The predicted molar refractivity (Wildman–Crippen MR) is 133 cm³/mol. The summed E-state index contributed by atoms with van der Waals surface area (Å²) in [7, 11) is 0. The van der Waals surface area contributed by atoms with Crippen molar-refractivity contribution in [2.24, 2.45) is 5.92 Å². The van der Waals surface area contributed by atoms with Crippen LogP contribution in [-0.4, -0.2) is 27.3 Å². The molecule has 0 aliphatic heterocycles. The van der Waals surface area contributed by atoms with Gasteiger partial charge in [-0.15, -0.1) is 0 Å². The quantitative estimate of drug-likeness (QED) is 0.323. The number of amides is 1. The van der Waals surface area contributed by atoms with Crippen LogP contribution < -0.4 is 10.1 Å². The van der Waals surface area contributed by atoms with E-state index in [1.165, 1.54) is 19.8 Å². The fourth-order valence-corrected chi connectivity index (χ4v) is 4.44. The van der Waals surface area contributed by atoms with Gasteiger partial charge in [0.05, 0.1) is 12.3 Å². The Bertz CT molecular complexity index is 1340. The zero-order chi connectivity index (χ0) is 23.7. The number of ether oxygens (including phenoxy) is 1. The highest BCUT2D eigenvalue weighted by Crippen LogP contribution is 2.39. The number of rotatable bonds is 8. The molecule has 0 unspecified atom stereocenters. The number of fused-ring (bicyclic) bond motifs is 1. The predicted octanol–water partition coefficient (Wildman–Crippen LogP) is 5.09. The minimum atomic E-state index is -1.68. The van der Waals surface area contributed by atoms with Crippen LogP contribution >= 0.6 is 0 Å². The zero-order valence-corrected chi connectivity index (χ0v) is 19.1. The summed E-state index contributed by atoms with van der Waals surface area (Å²) >= 11 is 0. The topological polar surface area (TPSA) is 83.7 Å². The summed E-state index contributed by atoms with van der Waals surface area (Å²) in [6.07, 6.45) is 0.790. The molecule has 1 fully saturated rings. The van der Waals surface area contributed by atoms with E-state index in [1.807, 2.05) is 77.4 Å². The summed E-state index contributed by atoms with van der Waals surface area (Å²) in [4.78, 5) is 11.6. The molecule has 34 heavy (non-hydrogen) atoms. The maximum absolute atomic E-state index is 11.6. The van der Waals surface area contributed by atoms with Crippen molar-refractivity contribution in [2.45, 2.75) is 32.6 Å². The second-order valence-corrected chi connectivity index (χ2v) is 8.90. The molecule has 1 aromatic heterocycles. The van der Waals surface area contributed by atoms with Crippen LogP contribution in [-0.2, 0) is 11.3 Å². The van der Waals surface area contributed by atoms with Crippen molar-refractivity contribution >= 4 is 22.5 Å². The SMILES string of the molecule is CC(=O)Nc1cccc(-c2c(C(O)O)n(Cc3cccc(OCC4CC4)c3)c3ccccc23)c1. The Morgan fingerprint density at radius 2 is 1.85 bits per heavy atom. The molecular formula is C28H28N2O4. The molecule has 3 N–H and O–H groups in total. The van der Waals surface area contributed by atoms with E-state index < -0.39 is 6.29 Å². The van der Waals surface area contributed by atoms with Crippen LogP contribution in [0.3, 0.4) is 0 Å². The van der Waals surface area contributed by atoms with Crippen molar-refractivity contribution < 1.29 is 19.7 Å². The third kappa shape index (κ3) is 4.69. The first-order chi connectivity index (χ1) is 16.5. The summed E-state index contributed by atoms with van der Waals surface area (Å²) < 4.78 is 7.90. The Morgan fingerprint density at radius 1 is 1.06 bits per heavy atom. The van der Waals surface area contributed by atoms with Gasteiger partial charge >= 0.3 is 0 Å². The first-order valence-corrected chi connectivity index (χ1v) is 11.6. The number of carbonyl (C=O) groups is 1. The van der Waals surface area contributed by atoms with Gasteiger partial charge in [0, 0.05) is 35.6 Å². The van der Waals surface area contributed by atoms with Gasteiger partial charge in [0.2, 0.25) is 5.91 Å². The van der Waals surface area contributed by atoms with Gasteiger partial charge in [-0.05, 0) is 60.2 Å². The number of nitrogens with one attached hydrogen (secondary N) is 1. The van der Waals surface area contributed by atoms with Crippen LogP contribution in [0.2, 0.25) is 0 Å². The molecule has 1 aliphatic carbocycles. The van der Waals surface area contributed by atoms with Crippen molar-refractivity contribution in [3.63, 3.8) is 0 Å². The smallest absolute Gasteiger partial charge is 0.221 e. The van der Waals surface area contributed by atoms with Gasteiger partial charge in [0.1, 0.15) is 5.75 Å². The number of aliphatic hydroxyl groups excluding tert-OH is 1. The van der Waals surface area contributed by atoms with E-state index in [9.17, 15) is 15.0 Å². The maximum Gasteiger partial charge on any atom is 0.221 e. The summed E-state index contributed by atoms with van der Waals surface area (Å²) in [5.41, 5.74) is 4.50. The van der Waals surface area contributed by atoms with Gasteiger partial charge in [0.25, 0.3) is 0 Å². The molecule has 1 aliphatic rings. The third-order valence-corrected chi connectivity index (χ3v) is 6.15. The Hall–Kier alpha value is -3.61. The molecule has 0 radical (unpaired) electrons. The summed E-state index contributed by atoms with van der Waals surface area (Å²) in [5.74, 6) is 1.34. The number of anilines is 1. The van der Waals surface area contributed by atoms with Crippen molar-refractivity contribution in [2.75, 3.05) is 11.9 Å². The van der Waals surface area contributed by atoms with Gasteiger partial charge in [0.15, 0.2) is 6.29 Å². The second-order valence-electron chi connectivity index (χ2n) is 8.90. The summed E-state index contributed by atoms with van der Waals surface area (Å²) in [5, 5.41) is 24.7. The van der Waals surface area contributed by atoms with Crippen LogP contribution in [0.4, 0.5) is 5.69 Å². The van der Waals surface area contributed by atoms with Crippen LogP contribution in [0, 0.1) is 5.92 Å². The van der Waals surface area contributed by atoms with E-state index in [2.05, 4.69) is 5.32 Å². The van der Waals surface area contributed by atoms with Gasteiger partial charge in [-0.2, -0.15) is 0 Å². The number of aliphatic hydroxyl groups is 2. The average Bonchev–Trinajstić information content (AvgIpc) is 3.59. The lowest BCUT2D eigenvalue weighted by atomic mass is 10.0. The number of aromatic nitrogens is 1. The Morgan fingerprint density at radius 3 is 2.62 bits per heavy atom. The number of nitrogens with zero attached hydrogens (tertiary/aromatic N) is 1. The highest BCUT2D eigenvalue weighted by atomic mass is 16.5. The van der Waals surface area contributed by atoms with Crippen molar-refractivity contribution in [3.8, 4) is 16.9 Å². The number of para-hydroxylation sites is 1. The summed E-state index contributed by atoms with van der Waals surface area (Å²) in [6.45, 7) is 2.66. The number of carbonyl (C=O) groups excluding carboxylic acids is 1. The standard InChI is InChI=1S/C28H28N2O4/c1-18(31)29-22-8-5-7-21(15-22)26-24-10-2-3-11-25(24)30(27(26)28(32)33)16-20-6-4-9-23(14-20)34-17-19-12-13-19/h2-11,14-15,19,28,32-33H,12-13,16-17H2,1H3,(H,29,31). The van der Waals surface area contributed by atoms with E-state index in [0.717, 1.165) is 39.9 Å². The van der Waals surface area contributed by atoms with E-state index in [0.29, 0.717) is 23.8 Å². The fourth-order valence-electron chi connectivity index (χ4n) is 4.44. The van der Waals surface area contributed by atoms with Gasteiger partial charge in [-0.1, -0.05) is 42.5 Å². The molecule has 0 bridgehead atoms. The van der Waals surface area contributed by atoms with Gasteiger partial charge in [-0.25, -0.2) is 0 Å². The molecular weight excluding hydrogens is 428 g/mol. The molecule has 6 nitrogen and oxygen atoms in total. The molecule has 0 spiro atoms. The first kappa shape index (κ1) is 22.2. The molecule has 3 aromatic carbocycles. The van der Waals surface area contributed by atoms with E-state index in [4.69, 9.17) is 4.74 Å². The van der Waals surface area contributed by atoms with Crippen molar-refractivity contribution in [1.29, 1.82) is 0 Å².